The Labute approximate surface area is 92.1 Å². The van der Waals surface area contributed by atoms with E-state index < -0.39 is 0 Å². The number of aliphatic hydroxyl groups excluding tert-OH is 1. The standard InChI is InChI=1S/C14H20O/c1-10-6-11(2)8-13(7-10)14(15)9-12-4-3-5-12/h6-8,12,14-15H,3-5,9H2,1-2H3. The molecule has 1 atom stereocenters. The van der Waals surface area contributed by atoms with Crippen molar-refractivity contribution < 1.29 is 5.11 Å². The van der Waals surface area contributed by atoms with Crippen LogP contribution in [0.25, 0.3) is 0 Å². The first kappa shape index (κ1) is 10.7. The zero-order valence-corrected chi connectivity index (χ0v) is 9.66. The third kappa shape index (κ3) is 2.60. The Hall–Kier alpha value is -0.820. The number of hydrogen-bond acceptors (Lipinski definition) is 1. The van der Waals surface area contributed by atoms with Crippen LogP contribution in [0.2, 0.25) is 0 Å². The predicted molar refractivity (Wildman–Crippen MR) is 62.8 cm³/mol. The van der Waals surface area contributed by atoms with Crippen molar-refractivity contribution >= 4 is 0 Å². The second-order valence-electron chi connectivity index (χ2n) is 4.97. The van der Waals surface area contributed by atoms with Crippen LogP contribution < -0.4 is 0 Å². The SMILES string of the molecule is Cc1cc(C)cc(C(O)CC2CCC2)c1. The van der Waals surface area contributed by atoms with Crippen LogP contribution >= 0.6 is 0 Å². The van der Waals surface area contributed by atoms with Gasteiger partial charge in [-0.25, -0.2) is 0 Å². The monoisotopic (exact) mass is 204 g/mol. The van der Waals surface area contributed by atoms with E-state index in [9.17, 15) is 5.11 Å². The minimum Gasteiger partial charge on any atom is -0.388 e. The van der Waals surface area contributed by atoms with Gasteiger partial charge in [-0.1, -0.05) is 48.6 Å². The summed E-state index contributed by atoms with van der Waals surface area (Å²) in [6.45, 7) is 4.18. The van der Waals surface area contributed by atoms with Crippen molar-refractivity contribution in [3.63, 3.8) is 0 Å². The molecule has 1 aliphatic carbocycles. The molecule has 1 unspecified atom stereocenters. The zero-order chi connectivity index (χ0) is 10.8. The minimum absolute atomic E-state index is 0.256. The van der Waals surface area contributed by atoms with Gasteiger partial charge in [0.15, 0.2) is 0 Å². The lowest BCUT2D eigenvalue weighted by Gasteiger charge is -2.27. The molecular formula is C14H20O. The van der Waals surface area contributed by atoms with Gasteiger partial charge in [0.1, 0.15) is 0 Å². The maximum atomic E-state index is 10.1. The molecule has 0 radical (unpaired) electrons. The Morgan fingerprint density at radius 3 is 2.27 bits per heavy atom. The van der Waals surface area contributed by atoms with E-state index in [1.807, 2.05) is 0 Å². The van der Waals surface area contributed by atoms with Gasteiger partial charge in [0.2, 0.25) is 0 Å². The first-order chi connectivity index (χ1) is 7.15. The highest BCUT2D eigenvalue weighted by atomic mass is 16.3. The fourth-order valence-corrected chi connectivity index (χ4v) is 2.38. The molecular weight excluding hydrogens is 184 g/mol. The highest BCUT2D eigenvalue weighted by molar-refractivity contribution is 5.29. The van der Waals surface area contributed by atoms with Gasteiger partial charge in [-0.05, 0) is 31.7 Å². The van der Waals surface area contributed by atoms with Crippen LogP contribution in [0, 0.1) is 19.8 Å². The molecule has 1 aromatic carbocycles. The molecule has 1 aromatic rings. The van der Waals surface area contributed by atoms with Crippen molar-refractivity contribution in [2.45, 2.75) is 45.6 Å². The summed E-state index contributed by atoms with van der Waals surface area (Å²) in [6, 6.07) is 6.37. The highest BCUT2D eigenvalue weighted by Gasteiger charge is 2.21. The maximum absolute atomic E-state index is 10.1. The van der Waals surface area contributed by atoms with Crippen molar-refractivity contribution in [1.82, 2.24) is 0 Å². The summed E-state index contributed by atoms with van der Waals surface area (Å²) >= 11 is 0. The van der Waals surface area contributed by atoms with Gasteiger partial charge in [-0.2, -0.15) is 0 Å². The lowest BCUT2D eigenvalue weighted by molar-refractivity contribution is 0.118. The molecule has 0 heterocycles. The van der Waals surface area contributed by atoms with Crippen LogP contribution in [-0.2, 0) is 0 Å². The first-order valence-electron chi connectivity index (χ1n) is 5.91. The van der Waals surface area contributed by atoms with Crippen molar-refractivity contribution in [2.75, 3.05) is 0 Å². The van der Waals surface area contributed by atoms with Gasteiger partial charge < -0.3 is 5.11 Å². The third-order valence-electron chi connectivity index (χ3n) is 3.41. The minimum atomic E-state index is -0.256. The summed E-state index contributed by atoms with van der Waals surface area (Å²) in [5.74, 6) is 0.765. The number of rotatable bonds is 3. The van der Waals surface area contributed by atoms with Crippen molar-refractivity contribution in [1.29, 1.82) is 0 Å². The van der Waals surface area contributed by atoms with Crippen molar-refractivity contribution in [2.24, 2.45) is 5.92 Å². The molecule has 1 N–H and O–H groups in total. The molecule has 2 rings (SSSR count). The van der Waals surface area contributed by atoms with Crippen LogP contribution in [0.3, 0.4) is 0 Å². The number of aliphatic hydroxyl groups is 1. The molecule has 0 aliphatic heterocycles. The van der Waals surface area contributed by atoms with Crippen molar-refractivity contribution in [3.8, 4) is 0 Å². The molecule has 0 saturated heterocycles. The summed E-state index contributed by atoms with van der Waals surface area (Å²) in [6.07, 6.45) is 4.66. The fourth-order valence-electron chi connectivity index (χ4n) is 2.38. The van der Waals surface area contributed by atoms with Crippen molar-refractivity contribution in [3.05, 3.63) is 34.9 Å². The second kappa shape index (κ2) is 4.36. The van der Waals surface area contributed by atoms with Gasteiger partial charge in [0.25, 0.3) is 0 Å². The molecule has 1 nitrogen and oxygen atoms in total. The molecule has 0 bridgehead atoms. The van der Waals surface area contributed by atoms with E-state index in [1.165, 1.54) is 30.4 Å². The van der Waals surface area contributed by atoms with E-state index >= 15 is 0 Å². The summed E-state index contributed by atoms with van der Waals surface area (Å²) in [4.78, 5) is 0. The third-order valence-corrected chi connectivity index (χ3v) is 3.41. The summed E-state index contributed by atoms with van der Waals surface area (Å²) in [7, 11) is 0. The molecule has 1 heteroatoms. The van der Waals surface area contributed by atoms with Gasteiger partial charge in [-0.15, -0.1) is 0 Å². The van der Waals surface area contributed by atoms with E-state index in [2.05, 4.69) is 32.0 Å². The Bertz CT molecular complexity index is 319. The Morgan fingerprint density at radius 2 is 1.80 bits per heavy atom. The largest absolute Gasteiger partial charge is 0.388 e. The predicted octanol–water partition coefficient (Wildman–Crippen LogP) is 3.53. The van der Waals surface area contributed by atoms with E-state index in [0.29, 0.717) is 0 Å². The smallest absolute Gasteiger partial charge is 0.0792 e. The van der Waals surface area contributed by atoms with E-state index in [-0.39, 0.29) is 6.10 Å². The summed E-state index contributed by atoms with van der Waals surface area (Å²) in [5, 5.41) is 10.1. The van der Waals surface area contributed by atoms with Crippen LogP contribution in [0.5, 0.6) is 0 Å². The molecule has 0 spiro atoms. The average Bonchev–Trinajstić information content (AvgIpc) is 2.09. The Balaban J connectivity index is 2.06. The number of benzene rings is 1. The van der Waals surface area contributed by atoms with Gasteiger partial charge >= 0.3 is 0 Å². The Morgan fingerprint density at radius 1 is 1.20 bits per heavy atom. The van der Waals surface area contributed by atoms with Crippen LogP contribution in [0.4, 0.5) is 0 Å². The topological polar surface area (TPSA) is 20.2 Å². The summed E-state index contributed by atoms with van der Waals surface area (Å²) < 4.78 is 0. The average molecular weight is 204 g/mol. The van der Waals surface area contributed by atoms with Gasteiger partial charge in [-0.3, -0.25) is 0 Å². The van der Waals surface area contributed by atoms with E-state index in [4.69, 9.17) is 0 Å². The van der Waals surface area contributed by atoms with Gasteiger partial charge in [0.05, 0.1) is 6.10 Å². The molecule has 15 heavy (non-hydrogen) atoms. The normalized spacial score (nSPS) is 18.6. The Kier molecular flexibility index (Phi) is 3.11. The van der Waals surface area contributed by atoms with Crippen LogP contribution in [0.15, 0.2) is 18.2 Å². The van der Waals surface area contributed by atoms with E-state index in [0.717, 1.165) is 17.9 Å². The zero-order valence-electron chi connectivity index (χ0n) is 9.66. The molecule has 0 amide bonds. The first-order valence-corrected chi connectivity index (χ1v) is 5.91. The van der Waals surface area contributed by atoms with Gasteiger partial charge in [0, 0.05) is 0 Å². The molecule has 82 valence electrons. The molecule has 0 aromatic heterocycles. The molecule has 1 saturated carbocycles. The second-order valence-corrected chi connectivity index (χ2v) is 4.97. The lowest BCUT2D eigenvalue weighted by atomic mass is 9.80. The fraction of sp³-hybridized carbons (Fsp3) is 0.571. The summed E-state index contributed by atoms with van der Waals surface area (Å²) in [5.41, 5.74) is 3.59. The molecule has 1 fully saturated rings. The molecule has 1 aliphatic rings. The number of aryl methyl sites for hydroxylation is 2. The van der Waals surface area contributed by atoms with Crippen LogP contribution in [0.1, 0.15) is 48.5 Å². The van der Waals surface area contributed by atoms with Crippen LogP contribution in [-0.4, -0.2) is 5.11 Å². The quantitative estimate of drug-likeness (QED) is 0.798. The maximum Gasteiger partial charge on any atom is 0.0792 e. The highest BCUT2D eigenvalue weighted by Crippen LogP contribution is 2.34. The lowest BCUT2D eigenvalue weighted by Crippen LogP contribution is -2.15. The number of hydrogen-bond donors (Lipinski definition) is 1. The van der Waals surface area contributed by atoms with E-state index in [1.54, 1.807) is 0 Å².